The van der Waals surface area contributed by atoms with Crippen molar-refractivity contribution >= 4 is 53.4 Å². The molecule has 56 heavy (non-hydrogen) atoms. The van der Waals surface area contributed by atoms with E-state index in [0.717, 1.165) is 55.3 Å². The Morgan fingerprint density at radius 2 is 0.857 bits per heavy atom. The quantitative estimate of drug-likeness (QED) is 0.171. The molecule has 3 aromatic heterocycles. The lowest BCUT2D eigenvalue weighted by Crippen LogP contribution is -2.00. The lowest BCUT2D eigenvalue weighted by atomic mass is 9.95. The summed E-state index contributed by atoms with van der Waals surface area (Å²) in [5, 5.41) is 4.75. The van der Waals surface area contributed by atoms with Crippen LogP contribution in [0.25, 0.3) is 110 Å². The van der Waals surface area contributed by atoms with Gasteiger partial charge in [-0.25, -0.2) is 15.0 Å². The summed E-state index contributed by atoms with van der Waals surface area (Å²) < 4.78 is 9.08. The number of fused-ring (bicyclic) bond motifs is 6. The lowest BCUT2D eigenvalue weighted by molar-refractivity contribution is 0.669. The maximum atomic E-state index is 6.50. The van der Waals surface area contributed by atoms with Crippen LogP contribution in [0.1, 0.15) is 0 Å². The molecule has 0 saturated carbocycles. The van der Waals surface area contributed by atoms with E-state index >= 15 is 0 Å². The van der Waals surface area contributed by atoms with Crippen LogP contribution in [0.4, 0.5) is 0 Å². The van der Waals surface area contributed by atoms with Crippen molar-refractivity contribution in [3.05, 3.63) is 188 Å². The first-order valence-electron chi connectivity index (χ1n) is 18.7. The SMILES string of the molecule is c1ccc(-c2nc(-c3ccccc3)nc(-c3cccc(-c4cccc5oc6ccc(-c7ccc8sc9cccc(-c%10ccccc%10)c9c8c7)cc6c45)c3)n2)cc1. The summed E-state index contributed by atoms with van der Waals surface area (Å²) in [6.45, 7) is 0. The van der Waals surface area contributed by atoms with Crippen molar-refractivity contribution in [3.63, 3.8) is 0 Å². The smallest absolute Gasteiger partial charge is 0.164 e. The normalized spacial score (nSPS) is 11.6. The van der Waals surface area contributed by atoms with Gasteiger partial charge < -0.3 is 4.42 Å². The molecule has 11 rings (SSSR count). The van der Waals surface area contributed by atoms with Gasteiger partial charge in [0.15, 0.2) is 17.5 Å². The van der Waals surface area contributed by atoms with Crippen LogP contribution >= 0.6 is 11.3 Å². The number of hydrogen-bond acceptors (Lipinski definition) is 5. The molecule has 0 atom stereocenters. The van der Waals surface area contributed by atoms with Gasteiger partial charge in [-0.3, -0.25) is 0 Å². The highest BCUT2D eigenvalue weighted by Crippen LogP contribution is 2.43. The Balaban J connectivity index is 1.04. The molecule has 0 amide bonds. The Bertz CT molecular complexity index is 3180. The van der Waals surface area contributed by atoms with Crippen molar-refractivity contribution in [2.45, 2.75) is 0 Å². The van der Waals surface area contributed by atoms with E-state index in [1.165, 1.54) is 36.9 Å². The van der Waals surface area contributed by atoms with Crippen LogP contribution in [0, 0.1) is 0 Å². The van der Waals surface area contributed by atoms with Gasteiger partial charge in [-0.1, -0.05) is 146 Å². The first-order chi connectivity index (χ1) is 27.7. The largest absolute Gasteiger partial charge is 0.456 e. The summed E-state index contributed by atoms with van der Waals surface area (Å²) in [7, 11) is 0. The zero-order valence-corrected chi connectivity index (χ0v) is 30.9. The number of nitrogens with zero attached hydrogens (tertiary/aromatic N) is 3. The van der Waals surface area contributed by atoms with Gasteiger partial charge in [-0.15, -0.1) is 11.3 Å². The predicted octanol–water partition coefficient (Wildman–Crippen LogP) is 14.1. The molecule has 11 aromatic rings. The summed E-state index contributed by atoms with van der Waals surface area (Å²) in [5.74, 6) is 1.90. The fraction of sp³-hybridized carbons (Fsp3) is 0. The topological polar surface area (TPSA) is 51.8 Å². The van der Waals surface area contributed by atoms with E-state index in [9.17, 15) is 0 Å². The molecule has 5 heteroatoms. The molecule has 0 aliphatic rings. The number of thiophene rings is 1. The van der Waals surface area contributed by atoms with Gasteiger partial charge in [-0.2, -0.15) is 0 Å². The second-order valence-electron chi connectivity index (χ2n) is 14.0. The average molecular weight is 734 g/mol. The maximum Gasteiger partial charge on any atom is 0.164 e. The zero-order valence-electron chi connectivity index (χ0n) is 30.1. The maximum absolute atomic E-state index is 6.50. The van der Waals surface area contributed by atoms with Gasteiger partial charge in [0.25, 0.3) is 0 Å². The van der Waals surface area contributed by atoms with E-state index in [1.54, 1.807) is 0 Å². The van der Waals surface area contributed by atoms with Crippen LogP contribution in [0.3, 0.4) is 0 Å². The first kappa shape index (κ1) is 32.2. The van der Waals surface area contributed by atoms with Gasteiger partial charge in [-0.05, 0) is 75.8 Å². The van der Waals surface area contributed by atoms with Crippen molar-refractivity contribution < 1.29 is 4.42 Å². The average Bonchev–Trinajstić information content (AvgIpc) is 3.85. The third-order valence-corrected chi connectivity index (χ3v) is 11.7. The highest BCUT2D eigenvalue weighted by molar-refractivity contribution is 7.26. The zero-order chi connectivity index (χ0) is 37.0. The minimum atomic E-state index is 0.623. The second kappa shape index (κ2) is 13.3. The van der Waals surface area contributed by atoms with Crippen molar-refractivity contribution in [2.75, 3.05) is 0 Å². The number of benzene rings is 8. The van der Waals surface area contributed by atoms with Crippen molar-refractivity contribution in [1.82, 2.24) is 15.0 Å². The predicted molar refractivity (Wildman–Crippen MR) is 233 cm³/mol. The fourth-order valence-corrected chi connectivity index (χ4v) is 8.99. The van der Waals surface area contributed by atoms with Crippen molar-refractivity contribution in [1.29, 1.82) is 0 Å². The standard InChI is InChI=1S/C51H31N3OS/c1-4-13-32(14-5-1)39-22-12-24-46-48(39)42-31-36(26-28-45(42)56-46)35-25-27-43-41(30-35)47-40(21-11-23-44(47)55-43)37-19-10-20-38(29-37)51-53-49(33-15-6-2-7-16-33)52-50(54-51)34-17-8-3-9-18-34/h1-31H. The molecule has 4 nitrogen and oxygen atoms in total. The van der Waals surface area contributed by atoms with E-state index in [2.05, 4.69) is 127 Å². The molecule has 0 unspecified atom stereocenters. The number of hydrogen-bond donors (Lipinski definition) is 0. The first-order valence-corrected chi connectivity index (χ1v) is 19.5. The Morgan fingerprint density at radius 1 is 0.321 bits per heavy atom. The van der Waals surface area contributed by atoms with Crippen LogP contribution in [-0.4, -0.2) is 15.0 Å². The molecule has 0 fully saturated rings. The molecule has 0 aliphatic heterocycles. The Kier molecular flexibility index (Phi) is 7.64. The van der Waals surface area contributed by atoms with Crippen LogP contribution in [-0.2, 0) is 0 Å². The van der Waals surface area contributed by atoms with Crippen LogP contribution in [0.2, 0.25) is 0 Å². The van der Waals surface area contributed by atoms with Gasteiger partial charge in [0.1, 0.15) is 11.2 Å². The van der Waals surface area contributed by atoms with E-state index in [0.29, 0.717) is 17.5 Å². The highest BCUT2D eigenvalue weighted by Gasteiger charge is 2.18. The Morgan fingerprint density at radius 3 is 1.55 bits per heavy atom. The molecule has 0 radical (unpaired) electrons. The molecule has 3 heterocycles. The van der Waals surface area contributed by atoms with Gasteiger partial charge >= 0.3 is 0 Å². The third kappa shape index (κ3) is 5.56. The Hall–Kier alpha value is -7.21. The molecular formula is C51H31N3OS. The molecule has 0 spiro atoms. The number of rotatable bonds is 6. The molecule has 0 saturated heterocycles. The Labute approximate surface area is 327 Å². The molecule has 0 N–H and O–H groups in total. The summed E-state index contributed by atoms with van der Waals surface area (Å²) >= 11 is 1.85. The van der Waals surface area contributed by atoms with E-state index in [4.69, 9.17) is 19.4 Å². The second-order valence-corrected chi connectivity index (χ2v) is 15.1. The lowest BCUT2D eigenvalue weighted by Gasteiger charge is -2.10. The minimum absolute atomic E-state index is 0.623. The molecule has 0 aliphatic carbocycles. The molecular weight excluding hydrogens is 703 g/mol. The van der Waals surface area contributed by atoms with Crippen LogP contribution in [0.15, 0.2) is 192 Å². The van der Waals surface area contributed by atoms with Crippen molar-refractivity contribution in [3.8, 4) is 67.5 Å². The van der Waals surface area contributed by atoms with Crippen LogP contribution in [0.5, 0.6) is 0 Å². The summed E-state index contributed by atoms with van der Waals surface area (Å²) in [4.78, 5) is 14.9. The van der Waals surface area contributed by atoms with Gasteiger partial charge in [0, 0.05) is 47.6 Å². The minimum Gasteiger partial charge on any atom is -0.456 e. The van der Waals surface area contributed by atoms with E-state index in [-0.39, 0.29) is 0 Å². The number of aromatic nitrogens is 3. The third-order valence-electron chi connectivity index (χ3n) is 10.5. The summed E-state index contributed by atoms with van der Waals surface area (Å²) in [5.41, 5.74) is 11.5. The molecule has 8 aromatic carbocycles. The molecule has 262 valence electrons. The highest BCUT2D eigenvalue weighted by atomic mass is 32.1. The summed E-state index contributed by atoms with van der Waals surface area (Å²) in [6.07, 6.45) is 0. The molecule has 0 bridgehead atoms. The van der Waals surface area contributed by atoms with Crippen molar-refractivity contribution in [2.24, 2.45) is 0 Å². The van der Waals surface area contributed by atoms with Gasteiger partial charge in [0.05, 0.1) is 0 Å². The monoisotopic (exact) mass is 733 g/mol. The fourth-order valence-electron chi connectivity index (χ4n) is 7.88. The number of furan rings is 1. The van der Waals surface area contributed by atoms with E-state index < -0.39 is 0 Å². The van der Waals surface area contributed by atoms with Crippen LogP contribution < -0.4 is 0 Å². The van der Waals surface area contributed by atoms with Gasteiger partial charge in [0.2, 0.25) is 0 Å². The van der Waals surface area contributed by atoms with E-state index in [1.807, 2.05) is 72.0 Å². The summed E-state index contributed by atoms with van der Waals surface area (Å²) in [6, 6.07) is 65.7.